The molecule has 0 aliphatic heterocycles. The number of carbonyl (C=O) groups is 2. The Kier molecular flexibility index (Phi) is 5.00. The van der Waals surface area contributed by atoms with Crippen LogP contribution in [0.1, 0.15) is 37.0 Å². The second-order valence-electron chi connectivity index (χ2n) is 7.27. The summed E-state index contributed by atoms with van der Waals surface area (Å²) in [5.74, 6) is -1.23. The number of aryl methyl sites for hydroxylation is 1. The predicted molar refractivity (Wildman–Crippen MR) is 101 cm³/mol. The molecule has 0 saturated carbocycles. The van der Waals surface area contributed by atoms with Crippen molar-refractivity contribution in [3.8, 4) is 0 Å². The lowest BCUT2D eigenvalue weighted by molar-refractivity contribution is -0.119. The van der Waals surface area contributed by atoms with Gasteiger partial charge < -0.3 is 9.26 Å². The Balaban J connectivity index is 1.70. The third kappa shape index (κ3) is 3.93. The summed E-state index contributed by atoms with van der Waals surface area (Å²) >= 11 is 0. The van der Waals surface area contributed by atoms with Crippen molar-refractivity contribution in [2.45, 2.75) is 26.2 Å². The van der Waals surface area contributed by atoms with Crippen molar-refractivity contribution >= 4 is 28.5 Å². The number of nitrogens with one attached hydrogen (secondary N) is 1. The quantitative estimate of drug-likeness (QED) is 0.684. The van der Waals surface area contributed by atoms with Gasteiger partial charge in [-0.15, -0.1) is 0 Å². The number of amides is 1. The van der Waals surface area contributed by atoms with E-state index in [0.717, 1.165) is 4.68 Å². The van der Waals surface area contributed by atoms with E-state index in [-0.39, 0.29) is 22.6 Å². The number of hydrogen-bond donors (Lipinski definition) is 1. The van der Waals surface area contributed by atoms with Gasteiger partial charge in [0, 0.05) is 23.9 Å². The fraction of sp³-hybridized carbons (Fsp3) is 0.316. The summed E-state index contributed by atoms with van der Waals surface area (Å²) in [6, 6.07) is 8.18. The molecule has 3 rings (SSSR count). The average Bonchev–Trinajstić information content (AvgIpc) is 3.11. The number of rotatable bonds is 4. The standard InChI is InChI=1S/C19H20N4O5/c1-19(2,3)13-9-15(28-22-13)20-14(24)10-27-18(26)16-11-7-5-6-8-12(11)17(25)23(4)21-16/h5-9H,10H2,1-4H3,(H,20,24). The summed E-state index contributed by atoms with van der Waals surface area (Å²) in [5.41, 5.74) is 0.0836. The van der Waals surface area contributed by atoms with E-state index in [9.17, 15) is 14.4 Å². The number of carbonyl (C=O) groups excluding carboxylic acids is 2. The van der Waals surface area contributed by atoms with E-state index >= 15 is 0 Å². The largest absolute Gasteiger partial charge is 0.451 e. The van der Waals surface area contributed by atoms with E-state index in [0.29, 0.717) is 16.5 Å². The van der Waals surface area contributed by atoms with Crippen LogP contribution in [0.15, 0.2) is 39.6 Å². The monoisotopic (exact) mass is 384 g/mol. The van der Waals surface area contributed by atoms with Crippen LogP contribution in [0.5, 0.6) is 0 Å². The molecular formula is C19H20N4O5. The number of fused-ring (bicyclic) bond motifs is 1. The number of benzene rings is 1. The number of aromatic nitrogens is 3. The maximum atomic E-state index is 12.4. The van der Waals surface area contributed by atoms with Crippen LogP contribution in [-0.2, 0) is 22.0 Å². The van der Waals surface area contributed by atoms with Crippen LogP contribution in [-0.4, -0.2) is 33.4 Å². The Bertz CT molecular complexity index is 1110. The van der Waals surface area contributed by atoms with Gasteiger partial charge in [-0.3, -0.25) is 14.9 Å². The minimum Gasteiger partial charge on any atom is -0.451 e. The van der Waals surface area contributed by atoms with Gasteiger partial charge >= 0.3 is 5.97 Å². The van der Waals surface area contributed by atoms with Gasteiger partial charge in [0.2, 0.25) is 5.88 Å². The summed E-state index contributed by atoms with van der Waals surface area (Å²) in [6.45, 7) is 5.34. The molecule has 0 fully saturated rings. The van der Waals surface area contributed by atoms with Crippen LogP contribution in [0.25, 0.3) is 10.8 Å². The van der Waals surface area contributed by atoms with Crippen LogP contribution >= 0.6 is 0 Å². The van der Waals surface area contributed by atoms with Crippen molar-refractivity contribution in [2.24, 2.45) is 7.05 Å². The van der Waals surface area contributed by atoms with E-state index in [4.69, 9.17) is 9.26 Å². The first-order valence-corrected chi connectivity index (χ1v) is 8.57. The molecule has 2 aromatic heterocycles. The number of nitrogens with zero attached hydrogens (tertiary/aromatic N) is 3. The van der Waals surface area contributed by atoms with Crippen molar-refractivity contribution in [3.63, 3.8) is 0 Å². The third-order valence-electron chi connectivity index (χ3n) is 4.03. The maximum Gasteiger partial charge on any atom is 0.359 e. The molecule has 1 aromatic carbocycles. The number of esters is 1. The van der Waals surface area contributed by atoms with Crippen molar-refractivity contribution in [1.82, 2.24) is 14.9 Å². The van der Waals surface area contributed by atoms with E-state index in [1.54, 1.807) is 30.3 Å². The van der Waals surface area contributed by atoms with Gasteiger partial charge in [-0.1, -0.05) is 44.1 Å². The Morgan fingerprint density at radius 3 is 2.54 bits per heavy atom. The fourth-order valence-corrected chi connectivity index (χ4v) is 2.51. The molecule has 2 heterocycles. The number of hydrogen-bond acceptors (Lipinski definition) is 7. The second-order valence-corrected chi connectivity index (χ2v) is 7.27. The molecule has 0 bridgehead atoms. The van der Waals surface area contributed by atoms with Crippen molar-refractivity contribution in [1.29, 1.82) is 0 Å². The minimum atomic E-state index is -0.810. The summed E-state index contributed by atoms with van der Waals surface area (Å²) in [6.07, 6.45) is 0. The average molecular weight is 384 g/mol. The molecule has 9 nitrogen and oxygen atoms in total. The van der Waals surface area contributed by atoms with E-state index in [1.807, 2.05) is 20.8 Å². The predicted octanol–water partition coefficient (Wildman–Crippen LogP) is 2.01. The molecule has 28 heavy (non-hydrogen) atoms. The lowest BCUT2D eigenvalue weighted by atomic mass is 9.92. The highest BCUT2D eigenvalue weighted by Gasteiger charge is 2.21. The highest BCUT2D eigenvalue weighted by atomic mass is 16.5. The van der Waals surface area contributed by atoms with Crippen LogP contribution in [0.3, 0.4) is 0 Å². The van der Waals surface area contributed by atoms with Crippen molar-refractivity contribution in [3.05, 3.63) is 52.1 Å². The Morgan fingerprint density at radius 2 is 1.89 bits per heavy atom. The molecule has 3 aromatic rings. The van der Waals surface area contributed by atoms with Crippen LogP contribution in [0, 0.1) is 0 Å². The van der Waals surface area contributed by atoms with Gasteiger partial charge in [-0.25, -0.2) is 9.48 Å². The van der Waals surface area contributed by atoms with Crippen LogP contribution < -0.4 is 10.9 Å². The van der Waals surface area contributed by atoms with Crippen molar-refractivity contribution < 1.29 is 18.8 Å². The minimum absolute atomic E-state index is 0.0415. The molecule has 146 valence electrons. The lowest BCUT2D eigenvalue weighted by Gasteiger charge is -2.12. The number of ether oxygens (including phenoxy) is 1. The molecule has 0 radical (unpaired) electrons. The summed E-state index contributed by atoms with van der Waals surface area (Å²) in [5, 5.41) is 11.0. The molecule has 1 amide bonds. The zero-order valence-corrected chi connectivity index (χ0v) is 16.0. The molecule has 0 saturated heterocycles. The first-order valence-electron chi connectivity index (χ1n) is 8.57. The van der Waals surface area contributed by atoms with Gasteiger partial charge in [0.25, 0.3) is 11.5 Å². The zero-order valence-electron chi connectivity index (χ0n) is 16.0. The van der Waals surface area contributed by atoms with Gasteiger partial charge in [0.1, 0.15) is 0 Å². The van der Waals surface area contributed by atoms with Crippen LogP contribution in [0.2, 0.25) is 0 Å². The molecular weight excluding hydrogens is 364 g/mol. The zero-order chi connectivity index (χ0) is 20.5. The molecule has 0 aliphatic carbocycles. The highest BCUT2D eigenvalue weighted by Crippen LogP contribution is 2.23. The molecule has 9 heteroatoms. The van der Waals surface area contributed by atoms with E-state index in [2.05, 4.69) is 15.6 Å². The Hall–Kier alpha value is -3.49. The van der Waals surface area contributed by atoms with Crippen molar-refractivity contribution in [2.75, 3.05) is 11.9 Å². The summed E-state index contributed by atoms with van der Waals surface area (Å²) in [4.78, 5) is 36.6. The first kappa shape index (κ1) is 19.3. The number of anilines is 1. The fourth-order valence-electron chi connectivity index (χ4n) is 2.51. The first-order chi connectivity index (χ1) is 13.2. The highest BCUT2D eigenvalue weighted by molar-refractivity contribution is 6.03. The van der Waals surface area contributed by atoms with Gasteiger partial charge in [-0.2, -0.15) is 5.10 Å². The SMILES string of the molecule is Cn1nc(C(=O)OCC(=O)Nc2cc(C(C)(C)C)no2)c2ccccc2c1=O. The lowest BCUT2D eigenvalue weighted by Crippen LogP contribution is -2.25. The molecule has 0 unspecified atom stereocenters. The summed E-state index contributed by atoms with van der Waals surface area (Å²) in [7, 11) is 1.44. The molecule has 0 aliphatic rings. The second kappa shape index (κ2) is 7.26. The van der Waals surface area contributed by atoms with Gasteiger partial charge in [0.05, 0.1) is 11.1 Å². The Morgan fingerprint density at radius 1 is 1.21 bits per heavy atom. The van der Waals surface area contributed by atoms with Gasteiger partial charge in [0.15, 0.2) is 12.3 Å². The molecule has 0 atom stereocenters. The normalized spacial score (nSPS) is 11.4. The summed E-state index contributed by atoms with van der Waals surface area (Å²) < 4.78 is 11.2. The smallest absolute Gasteiger partial charge is 0.359 e. The maximum absolute atomic E-state index is 12.4. The third-order valence-corrected chi connectivity index (χ3v) is 4.03. The topological polar surface area (TPSA) is 116 Å². The van der Waals surface area contributed by atoms with Gasteiger partial charge in [-0.05, 0) is 6.07 Å². The Labute approximate surface area is 160 Å². The molecule has 0 spiro atoms. The molecule has 1 N–H and O–H groups in total. The van der Waals surface area contributed by atoms with E-state index < -0.39 is 18.5 Å². The van der Waals surface area contributed by atoms with E-state index in [1.165, 1.54) is 7.05 Å². The van der Waals surface area contributed by atoms with Crippen LogP contribution in [0.4, 0.5) is 5.88 Å².